The second kappa shape index (κ2) is 5.10. The third kappa shape index (κ3) is 2.33. The Bertz CT molecular complexity index is 950. The normalized spacial score (nSPS) is 11.8. The molecule has 0 unspecified atom stereocenters. The first-order valence-electron chi connectivity index (χ1n) is 6.58. The summed E-state index contributed by atoms with van der Waals surface area (Å²) in [4.78, 5) is 7.13. The number of aryl methyl sites for hydroxylation is 1. The minimum atomic E-state index is -3.76. The van der Waals surface area contributed by atoms with Crippen LogP contribution in [0.5, 0.6) is 0 Å². The van der Waals surface area contributed by atoms with Gasteiger partial charge in [0.2, 0.25) is 0 Å². The number of rotatable bonds is 3. The lowest BCUT2D eigenvalue weighted by atomic mass is 10.2. The molecule has 22 heavy (non-hydrogen) atoms. The Morgan fingerprint density at radius 3 is 2.68 bits per heavy atom. The smallest absolute Gasteiger partial charge is 0.264 e. The summed E-state index contributed by atoms with van der Waals surface area (Å²) in [6, 6.07) is 8.76. The van der Waals surface area contributed by atoms with Crippen LogP contribution >= 0.6 is 0 Å². The summed E-state index contributed by atoms with van der Waals surface area (Å²) in [5.41, 5.74) is 2.37. The van der Waals surface area contributed by atoms with E-state index in [0.717, 1.165) is 17.1 Å². The zero-order valence-electron chi connectivity index (χ0n) is 12.0. The van der Waals surface area contributed by atoms with Crippen molar-refractivity contribution in [3.8, 4) is 0 Å². The molecule has 0 saturated carbocycles. The number of nitrogens with one attached hydrogen (secondary N) is 1. The maximum absolute atomic E-state index is 13.2. The average molecular weight is 319 g/mol. The van der Waals surface area contributed by atoms with E-state index in [1.165, 1.54) is 23.5 Å². The fourth-order valence-electron chi connectivity index (χ4n) is 2.31. The monoisotopic (exact) mass is 319 g/mol. The van der Waals surface area contributed by atoms with Crippen molar-refractivity contribution in [2.24, 2.45) is 0 Å². The highest BCUT2D eigenvalue weighted by Gasteiger charge is 2.23. The van der Waals surface area contributed by atoms with Crippen LogP contribution in [0.25, 0.3) is 11.0 Å². The molecule has 0 aliphatic rings. The van der Waals surface area contributed by atoms with Crippen LogP contribution in [0.1, 0.15) is 5.56 Å². The van der Waals surface area contributed by atoms with Gasteiger partial charge in [-0.15, -0.1) is 0 Å². The van der Waals surface area contributed by atoms with E-state index >= 15 is 0 Å². The molecule has 0 saturated heterocycles. The number of anilines is 1. The molecule has 5 nitrogen and oxygen atoms in total. The summed E-state index contributed by atoms with van der Waals surface area (Å²) in [7, 11) is -2.29. The van der Waals surface area contributed by atoms with Gasteiger partial charge in [0.05, 0.1) is 27.9 Å². The second-order valence-electron chi connectivity index (χ2n) is 4.99. The van der Waals surface area contributed by atoms with Crippen molar-refractivity contribution in [3.63, 3.8) is 0 Å². The predicted octanol–water partition coefficient (Wildman–Crippen LogP) is 2.84. The van der Waals surface area contributed by atoms with Crippen LogP contribution < -0.4 is 4.31 Å². The Morgan fingerprint density at radius 1 is 1.18 bits per heavy atom. The molecule has 0 fully saturated rings. The summed E-state index contributed by atoms with van der Waals surface area (Å²) in [6.45, 7) is 1.57. The minimum Gasteiger partial charge on any atom is -0.345 e. The molecular formula is C15H14FN3O2S. The number of H-pyrrole nitrogens is 1. The van der Waals surface area contributed by atoms with Crippen molar-refractivity contribution in [3.05, 3.63) is 54.1 Å². The average Bonchev–Trinajstić information content (AvgIpc) is 2.93. The Morgan fingerprint density at radius 2 is 1.95 bits per heavy atom. The Hall–Kier alpha value is -2.41. The molecule has 0 aliphatic carbocycles. The first-order chi connectivity index (χ1) is 10.4. The molecule has 1 aromatic heterocycles. The molecule has 0 spiro atoms. The fraction of sp³-hybridized carbons (Fsp3) is 0.133. The highest BCUT2D eigenvalue weighted by Crippen LogP contribution is 2.26. The summed E-state index contributed by atoms with van der Waals surface area (Å²) in [5, 5.41) is 0. The van der Waals surface area contributed by atoms with Crippen molar-refractivity contribution in [2.75, 3.05) is 11.4 Å². The van der Waals surface area contributed by atoms with E-state index in [9.17, 15) is 12.8 Å². The van der Waals surface area contributed by atoms with Crippen molar-refractivity contribution < 1.29 is 12.8 Å². The first kappa shape index (κ1) is 14.5. The lowest BCUT2D eigenvalue weighted by Gasteiger charge is -2.20. The van der Waals surface area contributed by atoms with Crippen molar-refractivity contribution in [1.82, 2.24) is 9.97 Å². The van der Waals surface area contributed by atoms with Crippen molar-refractivity contribution in [1.29, 1.82) is 0 Å². The summed E-state index contributed by atoms with van der Waals surface area (Å²) >= 11 is 0. The van der Waals surface area contributed by atoms with Gasteiger partial charge in [0.1, 0.15) is 5.82 Å². The largest absolute Gasteiger partial charge is 0.345 e. The number of halogens is 1. The lowest BCUT2D eigenvalue weighted by Crippen LogP contribution is -2.27. The van der Waals surface area contributed by atoms with Gasteiger partial charge < -0.3 is 4.98 Å². The van der Waals surface area contributed by atoms with Gasteiger partial charge in [-0.3, -0.25) is 4.31 Å². The van der Waals surface area contributed by atoms with Crippen molar-refractivity contribution in [2.45, 2.75) is 11.8 Å². The van der Waals surface area contributed by atoms with Gasteiger partial charge in [0.15, 0.2) is 0 Å². The number of benzene rings is 2. The molecule has 2 aromatic carbocycles. The molecule has 7 heteroatoms. The lowest BCUT2D eigenvalue weighted by molar-refractivity contribution is 0.592. The number of imidazole rings is 1. The standard InChI is InChI=1S/C15H14FN3O2S/c1-10-7-11(16)3-6-15(10)22(20,21)19(2)12-4-5-13-14(8-12)18-9-17-13/h3-9H,1-2H3,(H,17,18). The maximum Gasteiger partial charge on any atom is 0.264 e. The highest BCUT2D eigenvalue weighted by atomic mass is 32.2. The number of aromatic nitrogens is 2. The van der Waals surface area contributed by atoms with E-state index in [-0.39, 0.29) is 4.90 Å². The minimum absolute atomic E-state index is 0.0844. The zero-order valence-corrected chi connectivity index (χ0v) is 12.9. The van der Waals surface area contributed by atoms with Crippen LogP contribution in [0, 0.1) is 12.7 Å². The zero-order chi connectivity index (χ0) is 15.9. The molecule has 114 valence electrons. The number of fused-ring (bicyclic) bond motifs is 1. The summed E-state index contributed by atoms with van der Waals surface area (Å²) < 4.78 is 39.8. The van der Waals surface area contributed by atoms with Crippen LogP contribution in [0.4, 0.5) is 10.1 Å². The van der Waals surface area contributed by atoms with Crippen LogP contribution in [0.15, 0.2) is 47.6 Å². The molecular weight excluding hydrogens is 305 g/mol. The van der Waals surface area contributed by atoms with Gasteiger partial charge in [-0.05, 0) is 48.9 Å². The quantitative estimate of drug-likeness (QED) is 0.807. The highest BCUT2D eigenvalue weighted by molar-refractivity contribution is 7.92. The van der Waals surface area contributed by atoms with E-state index in [4.69, 9.17) is 0 Å². The molecule has 1 heterocycles. The SMILES string of the molecule is Cc1cc(F)ccc1S(=O)(=O)N(C)c1ccc2nc[nH]c2c1. The number of nitrogens with zero attached hydrogens (tertiary/aromatic N) is 2. The molecule has 3 rings (SSSR count). The topological polar surface area (TPSA) is 66.1 Å². The van der Waals surface area contributed by atoms with Gasteiger partial charge in [0, 0.05) is 7.05 Å². The number of aromatic amines is 1. The fourth-order valence-corrected chi connectivity index (χ4v) is 3.70. The third-order valence-corrected chi connectivity index (χ3v) is 5.49. The van der Waals surface area contributed by atoms with Gasteiger partial charge in [-0.1, -0.05) is 0 Å². The van der Waals surface area contributed by atoms with Crippen LogP contribution in [-0.2, 0) is 10.0 Å². The summed E-state index contributed by atoms with van der Waals surface area (Å²) in [5.74, 6) is -0.460. The van der Waals surface area contributed by atoms with Crippen LogP contribution in [0.3, 0.4) is 0 Å². The third-order valence-electron chi connectivity index (χ3n) is 3.54. The van der Waals surface area contributed by atoms with Gasteiger partial charge in [0.25, 0.3) is 10.0 Å². The van der Waals surface area contributed by atoms with Gasteiger partial charge >= 0.3 is 0 Å². The maximum atomic E-state index is 13.2. The Balaban J connectivity index is 2.07. The molecule has 0 amide bonds. The van der Waals surface area contributed by atoms with Crippen LogP contribution in [-0.4, -0.2) is 25.4 Å². The molecule has 1 N–H and O–H groups in total. The summed E-state index contributed by atoms with van der Waals surface area (Å²) in [6.07, 6.45) is 1.55. The van der Waals surface area contributed by atoms with E-state index < -0.39 is 15.8 Å². The van der Waals surface area contributed by atoms with E-state index in [1.807, 2.05) is 0 Å². The number of hydrogen-bond donors (Lipinski definition) is 1. The second-order valence-corrected chi connectivity index (χ2v) is 6.92. The molecule has 0 atom stereocenters. The van der Waals surface area contributed by atoms with Crippen molar-refractivity contribution >= 4 is 26.7 Å². The Kier molecular flexibility index (Phi) is 3.37. The molecule has 0 bridgehead atoms. The van der Waals surface area contributed by atoms with Gasteiger partial charge in [-0.25, -0.2) is 17.8 Å². The predicted molar refractivity (Wildman–Crippen MR) is 82.8 cm³/mol. The van der Waals surface area contributed by atoms with E-state index in [2.05, 4.69) is 9.97 Å². The first-order valence-corrected chi connectivity index (χ1v) is 8.02. The Labute approximate surface area is 127 Å². The van der Waals surface area contributed by atoms with E-state index in [1.54, 1.807) is 31.5 Å². The van der Waals surface area contributed by atoms with Gasteiger partial charge in [-0.2, -0.15) is 0 Å². The van der Waals surface area contributed by atoms with Crippen LogP contribution in [0.2, 0.25) is 0 Å². The number of sulfonamides is 1. The van der Waals surface area contributed by atoms with E-state index in [0.29, 0.717) is 11.3 Å². The number of hydrogen-bond acceptors (Lipinski definition) is 3. The molecule has 3 aromatic rings. The molecule has 0 aliphatic heterocycles. The molecule has 0 radical (unpaired) electrons.